The number of aliphatic carboxylic acids is 1. The van der Waals surface area contributed by atoms with E-state index in [-0.39, 0.29) is 16.9 Å². The molecule has 1 saturated carbocycles. The molecular weight excluding hydrogens is 273 g/mol. The molecule has 1 aromatic rings. The van der Waals surface area contributed by atoms with Crippen LogP contribution in [0.2, 0.25) is 0 Å². The maximum absolute atomic E-state index is 12.8. The van der Waals surface area contributed by atoms with Gasteiger partial charge in [-0.1, -0.05) is 0 Å². The Balaban J connectivity index is 1.99. The molecule has 19 heavy (non-hydrogen) atoms. The molecule has 0 amide bonds. The molecule has 0 bridgehead atoms. The fourth-order valence-electron chi connectivity index (χ4n) is 2.70. The SMILES string of the molecule is O=C(O)[C@@H]1CC2C[C@@H]2N1S(=O)(=O)c1ccc(F)cc1. The first-order chi connectivity index (χ1) is 8.91. The number of carboxylic acid groups (broad SMARTS) is 1. The number of halogens is 1. The van der Waals surface area contributed by atoms with Crippen molar-refractivity contribution in [3.63, 3.8) is 0 Å². The number of hydrogen-bond acceptors (Lipinski definition) is 3. The Kier molecular flexibility index (Phi) is 2.65. The van der Waals surface area contributed by atoms with Crippen LogP contribution in [0.5, 0.6) is 0 Å². The predicted molar refractivity (Wildman–Crippen MR) is 63.4 cm³/mol. The van der Waals surface area contributed by atoms with Crippen molar-refractivity contribution in [2.24, 2.45) is 5.92 Å². The predicted octanol–water partition coefficient (Wildman–Crippen LogP) is 1.06. The Bertz CT molecular complexity index is 628. The number of carbonyl (C=O) groups is 1. The second-order valence-electron chi connectivity index (χ2n) is 4.94. The number of hydrogen-bond donors (Lipinski definition) is 1. The van der Waals surface area contributed by atoms with Crippen molar-refractivity contribution in [2.75, 3.05) is 0 Å². The minimum atomic E-state index is -3.87. The van der Waals surface area contributed by atoms with E-state index in [0.29, 0.717) is 12.8 Å². The van der Waals surface area contributed by atoms with Gasteiger partial charge < -0.3 is 5.11 Å². The first kappa shape index (κ1) is 12.6. The van der Waals surface area contributed by atoms with Crippen LogP contribution in [0.4, 0.5) is 4.39 Å². The van der Waals surface area contributed by atoms with Crippen molar-refractivity contribution in [3.05, 3.63) is 30.1 Å². The summed E-state index contributed by atoms with van der Waals surface area (Å²) in [5.41, 5.74) is 0. The van der Waals surface area contributed by atoms with E-state index >= 15 is 0 Å². The van der Waals surface area contributed by atoms with Crippen molar-refractivity contribution in [2.45, 2.75) is 29.8 Å². The summed E-state index contributed by atoms with van der Waals surface area (Å²) in [6, 6.07) is 3.24. The average Bonchev–Trinajstić information content (AvgIpc) is 2.99. The van der Waals surface area contributed by atoms with Gasteiger partial charge in [-0.2, -0.15) is 4.31 Å². The number of carboxylic acids is 1. The van der Waals surface area contributed by atoms with E-state index < -0.39 is 27.9 Å². The van der Waals surface area contributed by atoms with E-state index in [1.54, 1.807) is 0 Å². The van der Waals surface area contributed by atoms with E-state index in [1.165, 1.54) is 12.1 Å². The Labute approximate surface area is 109 Å². The highest BCUT2D eigenvalue weighted by Gasteiger charge is 2.59. The number of rotatable bonds is 3. The van der Waals surface area contributed by atoms with Gasteiger partial charge in [0.1, 0.15) is 11.9 Å². The molecule has 3 rings (SSSR count). The smallest absolute Gasteiger partial charge is 0.322 e. The van der Waals surface area contributed by atoms with Crippen molar-refractivity contribution in [1.82, 2.24) is 4.31 Å². The van der Waals surface area contributed by atoms with Crippen molar-refractivity contribution in [1.29, 1.82) is 0 Å². The molecule has 1 aromatic carbocycles. The van der Waals surface area contributed by atoms with Gasteiger partial charge in [0.2, 0.25) is 10.0 Å². The molecule has 102 valence electrons. The van der Waals surface area contributed by atoms with Crippen LogP contribution in [0, 0.1) is 11.7 Å². The third kappa shape index (κ3) is 1.93. The summed E-state index contributed by atoms with van der Waals surface area (Å²) >= 11 is 0. The normalized spacial score (nSPS) is 30.1. The van der Waals surface area contributed by atoms with Crippen LogP contribution in [0.25, 0.3) is 0 Å². The number of fused-ring (bicyclic) bond motifs is 1. The fourth-order valence-corrected chi connectivity index (χ4v) is 4.55. The van der Waals surface area contributed by atoms with Crippen LogP contribution < -0.4 is 0 Å². The summed E-state index contributed by atoms with van der Waals surface area (Å²) in [4.78, 5) is 11.1. The molecule has 1 aliphatic heterocycles. The second kappa shape index (κ2) is 4.01. The molecule has 5 nitrogen and oxygen atoms in total. The maximum Gasteiger partial charge on any atom is 0.322 e. The zero-order chi connectivity index (χ0) is 13.8. The van der Waals surface area contributed by atoms with Crippen LogP contribution in [-0.2, 0) is 14.8 Å². The first-order valence-electron chi connectivity index (χ1n) is 5.93. The van der Waals surface area contributed by atoms with Crippen LogP contribution in [0.15, 0.2) is 29.2 Å². The van der Waals surface area contributed by atoms with Gasteiger partial charge in [0.25, 0.3) is 0 Å². The minimum Gasteiger partial charge on any atom is -0.480 e. The quantitative estimate of drug-likeness (QED) is 0.901. The molecule has 0 radical (unpaired) electrons. The lowest BCUT2D eigenvalue weighted by molar-refractivity contribution is -0.141. The Hall–Kier alpha value is -1.47. The molecule has 3 atom stereocenters. The van der Waals surface area contributed by atoms with Crippen LogP contribution in [0.3, 0.4) is 0 Å². The summed E-state index contributed by atoms with van der Waals surface area (Å²) in [5.74, 6) is -1.51. The summed E-state index contributed by atoms with van der Waals surface area (Å²) in [6.07, 6.45) is 1.07. The molecule has 1 saturated heterocycles. The van der Waals surface area contributed by atoms with Gasteiger partial charge in [0, 0.05) is 6.04 Å². The van der Waals surface area contributed by atoms with E-state index in [4.69, 9.17) is 5.11 Å². The number of sulfonamides is 1. The van der Waals surface area contributed by atoms with Crippen molar-refractivity contribution in [3.8, 4) is 0 Å². The molecule has 1 aliphatic carbocycles. The fraction of sp³-hybridized carbons (Fsp3) is 0.417. The lowest BCUT2D eigenvalue weighted by atomic mass is 10.2. The van der Waals surface area contributed by atoms with E-state index in [9.17, 15) is 17.6 Å². The Morgan fingerprint density at radius 1 is 1.26 bits per heavy atom. The highest BCUT2D eigenvalue weighted by Crippen LogP contribution is 2.50. The Morgan fingerprint density at radius 3 is 2.47 bits per heavy atom. The third-order valence-corrected chi connectivity index (χ3v) is 5.67. The number of piperidine rings is 1. The van der Waals surface area contributed by atoms with E-state index in [2.05, 4.69) is 0 Å². The molecule has 0 spiro atoms. The topological polar surface area (TPSA) is 74.7 Å². The molecular formula is C12H12FNO4S. The molecule has 0 aromatic heterocycles. The Morgan fingerprint density at radius 2 is 1.89 bits per heavy atom. The van der Waals surface area contributed by atoms with Gasteiger partial charge in [-0.3, -0.25) is 4.79 Å². The highest BCUT2D eigenvalue weighted by atomic mass is 32.2. The minimum absolute atomic E-state index is 0.0623. The van der Waals surface area contributed by atoms with Crippen LogP contribution in [0.1, 0.15) is 12.8 Å². The molecule has 1 unspecified atom stereocenters. The van der Waals surface area contributed by atoms with Gasteiger partial charge in [-0.25, -0.2) is 12.8 Å². The summed E-state index contributed by atoms with van der Waals surface area (Å²) < 4.78 is 38.8. The summed E-state index contributed by atoms with van der Waals surface area (Å²) in [5, 5.41) is 9.11. The molecule has 1 N–H and O–H groups in total. The molecule has 1 heterocycles. The van der Waals surface area contributed by atoms with Gasteiger partial charge in [-0.15, -0.1) is 0 Å². The monoisotopic (exact) mass is 285 g/mol. The lowest BCUT2D eigenvalue weighted by Gasteiger charge is -2.23. The van der Waals surface area contributed by atoms with Gasteiger partial charge in [-0.05, 0) is 43.0 Å². The second-order valence-corrected chi connectivity index (χ2v) is 6.78. The van der Waals surface area contributed by atoms with E-state index in [1.807, 2.05) is 0 Å². The van der Waals surface area contributed by atoms with Gasteiger partial charge in [0.05, 0.1) is 4.90 Å². The number of nitrogens with zero attached hydrogens (tertiary/aromatic N) is 1. The van der Waals surface area contributed by atoms with Gasteiger partial charge >= 0.3 is 5.97 Å². The first-order valence-corrected chi connectivity index (χ1v) is 7.37. The maximum atomic E-state index is 12.8. The lowest BCUT2D eigenvalue weighted by Crippen LogP contribution is -2.42. The molecule has 2 fully saturated rings. The average molecular weight is 285 g/mol. The van der Waals surface area contributed by atoms with E-state index in [0.717, 1.165) is 16.4 Å². The molecule has 7 heteroatoms. The largest absolute Gasteiger partial charge is 0.480 e. The highest BCUT2D eigenvalue weighted by molar-refractivity contribution is 7.89. The molecule has 2 aliphatic rings. The van der Waals surface area contributed by atoms with Crippen molar-refractivity contribution >= 4 is 16.0 Å². The zero-order valence-electron chi connectivity index (χ0n) is 9.86. The van der Waals surface area contributed by atoms with Crippen LogP contribution in [-0.4, -0.2) is 35.9 Å². The summed E-state index contributed by atoms with van der Waals surface area (Å²) in [7, 11) is -3.87. The zero-order valence-corrected chi connectivity index (χ0v) is 10.7. The summed E-state index contributed by atoms with van der Waals surface area (Å²) in [6.45, 7) is 0. The number of benzene rings is 1. The van der Waals surface area contributed by atoms with Crippen molar-refractivity contribution < 1.29 is 22.7 Å². The van der Waals surface area contributed by atoms with Gasteiger partial charge in [0.15, 0.2) is 0 Å². The third-order valence-electron chi connectivity index (χ3n) is 3.72. The standard InChI is InChI=1S/C12H12FNO4S/c13-8-1-3-9(4-2-8)19(17,18)14-10-5-7(10)6-11(14)12(15)16/h1-4,7,10-11H,5-6H2,(H,15,16)/t7?,10-,11-/m0/s1. The van der Waals surface area contributed by atoms with Crippen LogP contribution >= 0.6 is 0 Å².